The Bertz CT molecular complexity index is 382. The van der Waals surface area contributed by atoms with Crippen molar-refractivity contribution in [1.82, 2.24) is 10.2 Å². The molecule has 0 radical (unpaired) electrons. The van der Waals surface area contributed by atoms with E-state index >= 15 is 0 Å². The van der Waals surface area contributed by atoms with Crippen LogP contribution in [0.2, 0.25) is 0 Å². The minimum absolute atomic E-state index is 0.0211. The molecule has 2 N–H and O–H groups in total. The van der Waals surface area contributed by atoms with Gasteiger partial charge in [-0.3, -0.25) is 0 Å². The van der Waals surface area contributed by atoms with Crippen molar-refractivity contribution in [2.24, 2.45) is 0 Å². The van der Waals surface area contributed by atoms with Crippen molar-refractivity contribution in [2.75, 3.05) is 18.1 Å². The van der Waals surface area contributed by atoms with Gasteiger partial charge in [-0.25, -0.2) is 4.79 Å². The summed E-state index contributed by atoms with van der Waals surface area (Å²) in [5, 5.41) is 19.4. The zero-order valence-corrected chi connectivity index (χ0v) is 10.3. The second kappa shape index (κ2) is 5.16. The number of hydrogen-bond donors (Lipinski definition) is 2. The molecule has 0 amide bonds. The van der Waals surface area contributed by atoms with Gasteiger partial charge in [-0.1, -0.05) is 0 Å². The molecule has 6 heteroatoms. The SMILES string of the molecule is CSC(C)(C)CNc1nnccc1C(=O)O. The van der Waals surface area contributed by atoms with E-state index in [0.717, 1.165) is 0 Å². The Hall–Kier alpha value is -1.30. The number of nitrogens with one attached hydrogen (secondary N) is 1. The molecule has 0 atom stereocenters. The fourth-order valence-corrected chi connectivity index (χ4v) is 1.22. The highest BCUT2D eigenvalue weighted by Crippen LogP contribution is 2.22. The zero-order valence-electron chi connectivity index (χ0n) is 9.52. The average Bonchev–Trinajstić information content (AvgIpc) is 2.27. The average molecular weight is 241 g/mol. The lowest BCUT2D eigenvalue weighted by atomic mass is 10.2. The van der Waals surface area contributed by atoms with Gasteiger partial charge in [-0.05, 0) is 26.2 Å². The maximum absolute atomic E-state index is 10.9. The lowest BCUT2D eigenvalue weighted by Gasteiger charge is -2.22. The quantitative estimate of drug-likeness (QED) is 0.817. The maximum Gasteiger partial charge on any atom is 0.339 e. The minimum atomic E-state index is -1.00. The summed E-state index contributed by atoms with van der Waals surface area (Å²) in [4.78, 5) is 10.9. The number of carboxylic acid groups (broad SMARTS) is 1. The van der Waals surface area contributed by atoms with Gasteiger partial charge in [-0.2, -0.15) is 16.9 Å². The molecule has 1 aromatic heterocycles. The number of hydrogen-bond acceptors (Lipinski definition) is 5. The van der Waals surface area contributed by atoms with Gasteiger partial charge in [0.1, 0.15) is 5.56 Å². The van der Waals surface area contributed by atoms with Crippen molar-refractivity contribution in [3.05, 3.63) is 17.8 Å². The second-order valence-corrected chi connectivity index (χ2v) is 5.43. The first kappa shape index (κ1) is 12.8. The van der Waals surface area contributed by atoms with Crippen molar-refractivity contribution in [1.29, 1.82) is 0 Å². The number of thioether (sulfide) groups is 1. The summed E-state index contributed by atoms with van der Waals surface area (Å²) in [5.41, 5.74) is 0.145. The first-order valence-electron chi connectivity index (χ1n) is 4.80. The first-order valence-corrected chi connectivity index (χ1v) is 6.03. The normalized spacial score (nSPS) is 11.2. The molecule has 0 bridgehead atoms. The van der Waals surface area contributed by atoms with Gasteiger partial charge in [0.05, 0.1) is 6.20 Å². The first-order chi connectivity index (χ1) is 7.46. The molecule has 1 aromatic rings. The van der Waals surface area contributed by atoms with Gasteiger partial charge < -0.3 is 10.4 Å². The molecular weight excluding hydrogens is 226 g/mol. The molecule has 0 unspecified atom stereocenters. The van der Waals surface area contributed by atoms with E-state index in [4.69, 9.17) is 5.11 Å². The van der Waals surface area contributed by atoms with E-state index in [-0.39, 0.29) is 10.3 Å². The molecule has 88 valence electrons. The summed E-state index contributed by atoms with van der Waals surface area (Å²) >= 11 is 1.70. The molecule has 0 aromatic carbocycles. The standard InChI is InChI=1S/C10H15N3O2S/c1-10(2,16-3)6-11-8-7(9(14)15)4-5-12-13-8/h4-5H,6H2,1-3H3,(H,11,13)(H,14,15). The Morgan fingerprint density at radius 2 is 2.31 bits per heavy atom. The van der Waals surface area contributed by atoms with E-state index in [0.29, 0.717) is 12.4 Å². The van der Waals surface area contributed by atoms with Crippen LogP contribution in [0.5, 0.6) is 0 Å². The predicted molar refractivity (Wildman–Crippen MR) is 65.1 cm³/mol. The van der Waals surface area contributed by atoms with Crippen molar-refractivity contribution >= 4 is 23.5 Å². The Balaban J connectivity index is 2.78. The monoisotopic (exact) mass is 241 g/mol. The summed E-state index contributed by atoms with van der Waals surface area (Å²) in [6.45, 7) is 4.77. The molecule has 0 fully saturated rings. The van der Waals surface area contributed by atoms with Gasteiger partial charge >= 0.3 is 5.97 Å². The van der Waals surface area contributed by atoms with E-state index in [1.807, 2.05) is 6.26 Å². The summed E-state index contributed by atoms with van der Waals surface area (Å²) in [6, 6.07) is 1.43. The van der Waals surface area contributed by atoms with Gasteiger partial charge in [0.25, 0.3) is 0 Å². The van der Waals surface area contributed by atoms with Crippen molar-refractivity contribution in [3.63, 3.8) is 0 Å². The van der Waals surface area contributed by atoms with E-state index in [9.17, 15) is 4.79 Å². The fraction of sp³-hybridized carbons (Fsp3) is 0.500. The van der Waals surface area contributed by atoms with Gasteiger partial charge in [0.15, 0.2) is 5.82 Å². The summed E-state index contributed by atoms with van der Waals surface area (Å²) in [6.07, 6.45) is 3.38. The molecule has 0 saturated heterocycles. The smallest absolute Gasteiger partial charge is 0.339 e. The molecule has 0 saturated carbocycles. The van der Waals surface area contributed by atoms with Crippen molar-refractivity contribution < 1.29 is 9.90 Å². The van der Waals surface area contributed by atoms with Gasteiger partial charge in [-0.15, -0.1) is 5.10 Å². The van der Waals surface area contributed by atoms with Crippen LogP contribution in [0.1, 0.15) is 24.2 Å². The van der Waals surface area contributed by atoms with E-state index in [2.05, 4.69) is 29.4 Å². The molecular formula is C10H15N3O2S. The molecule has 5 nitrogen and oxygen atoms in total. The zero-order chi connectivity index (χ0) is 12.2. The van der Waals surface area contributed by atoms with Crippen molar-refractivity contribution in [2.45, 2.75) is 18.6 Å². The highest BCUT2D eigenvalue weighted by molar-refractivity contribution is 7.99. The van der Waals surface area contributed by atoms with Crippen LogP contribution >= 0.6 is 11.8 Å². The van der Waals surface area contributed by atoms with Crippen LogP contribution < -0.4 is 5.32 Å². The lowest BCUT2D eigenvalue weighted by molar-refractivity contribution is 0.0697. The number of aromatic nitrogens is 2. The Labute approximate surface area is 98.7 Å². The molecule has 0 aliphatic rings. The highest BCUT2D eigenvalue weighted by Gasteiger charge is 2.18. The van der Waals surface area contributed by atoms with E-state index < -0.39 is 5.97 Å². The summed E-state index contributed by atoms with van der Waals surface area (Å²) < 4.78 is 0.0211. The van der Waals surface area contributed by atoms with Crippen LogP contribution in [-0.2, 0) is 0 Å². The van der Waals surface area contributed by atoms with Crippen LogP contribution in [0, 0.1) is 0 Å². The topological polar surface area (TPSA) is 75.1 Å². The Morgan fingerprint density at radius 3 is 2.88 bits per heavy atom. The summed E-state index contributed by atoms with van der Waals surface area (Å²) in [7, 11) is 0. The third-order valence-electron chi connectivity index (χ3n) is 2.19. The van der Waals surface area contributed by atoms with Gasteiger partial charge in [0, 0.05) is 11.3 Å². The third kappa shape index (κ3) is 3.37. The second-order valence-electron chi connectivity index (χ2n) is 3.92. The molecule has 0 spiro atoms. The predicted octanol–water partition coefficient (Wildman–Crippen LogP) is 1.73. The van der Waals surface area contributed by atoms with Crippen LogP contribution in [0.3, 0.4) is 0 Å². The Kier molecular flexibility index (Phi) is 4.12. The largest absolute Gasteiger partial charge is 0.478 e. The van der Waals surface area contributed by atoms with Crippen LogP contribution in [0.15, 0.2) is 12.3 Å². The number of carboxylic acids is 1. The number of carbonyl (C=O) groups is 1. The molecule has 1 heterocycles. The molecule has 0 aliphatic carbocycles. The number of aromatic carboxylic acids is 1. The van der Waals surface area contributed by atoms with Crippen LogP contribution in [0.25, 0.3) is 0 Å². The highest BCUT2D eigenvalue weighted by atomic mass is 32.2. The lowest BCUT2D eigenvalue weighted by Crippen LogP contribution is -2.27. The fourth-order valence-electron chi connectivity index (χ4n) is 1.00. The van der Waals surface area contributed by atoms with Crippen LogP contribution in [0.4, 0.5) is 5.82 Å². The van der Waals surface area contributed by atoms with Crippen molar-refractivity contribution in [3.8, 4) is 0 Å². The molecule has 1 rings (SSSR count). The number of rotatable bonds is 5. The molecule has 0 aliphatic heterocycles. The third-order valence-corrected chi connectivity index (χ3v) is 3.43. The van der Waals surface area contributed by atoms with E-state index in [1.54, 1.807) is 11.8 Å². The number of nitrogens with zero attached hydrogens (tertiary/aromatic N) is 2. The Morgan fingerprint density at radius 1 is 1.62 bits per heavy atom. The van der Waals surface area contributed by atoms with E-state index in [1.165, 1.54) is 12.3 Å². The number of anilines is 1. The maximum atomic E-state index is 10.9. The minimum Gasteiger partial charge on any atom is -0.478 e. The molecule has 16 heavy (non-hydrogen) atoms. The summed E-state index contributed by atoms with van der Waals surface area (Å²) in [5.74, 6) is -0.684. The van der Waals surface area contributed by atoms with Crippen LogP contribution in [-0.4, -0.2) is 38.8 Å². The van der Waals surface area contributed by atoms with Gasteiger partial charge in [0.2, 0.25) is 0 Å².